The third-order valence-electron chi connectivity index (χ3n) is 3.42. The molecule has 2 amide bonds. The van der Waals surface area contributed by atoms with Gasteiger partial charge in [0.05, 0.1) is 5.69 Å². The van der Waals surface area contributed by atoms with Crippen molar-refractivity contribution in [3.8, 4) is 5.75 Å². The van der Waals surface area contributed by atoms with E-state index < -0.39 is 17.4 Å². The van der Waals surface area contributed by atoms with Crippen LogP contribution in [-0.4, -0.2) is 17.4 Å². The second-order valence-electron chi connectivity index (χ2n) is 5.05. The Balaban J connectivity index is 1.85. The Bertz CT molecular complexity index is 745. The number of carbonyl (C=O) groups is 2. The predicted octanol–water partition coefficient (Wildman–Crippen LogP) is 3.07. The van der Waals surface area contributed by atoms with Crippen molar-refractivity contribution >= 4 is 34.8 Å². The van der Waals surface area contributed by atoms with E-state index in [0.29, 0.717) is 22.1 Å². The molecule has 1 unspecified atom stereocenters. The fourth-order valence-corrected chi connectivity index (χ4v) is 2.23. The van der Waals surface area contributed by atoms with Crippen LogP contribution >= 0.6 is 11.6 Å². The Morgan fingerprint density at radius 3 is 2.59 bits per heavy atom. The lowest BCUT2D eigenvalue weighted by molar-refractivity contribution is -0.143. The SMILES string of the molecule is CC1(C(=O)Nc2ccc(Cl)cc2)Oc2ccccc2NC1=O. The monoisotopic (exact) mass is 316 g/mol. The first kappa shape index (κ1) is 14.4. The van der Waals surface area contributed by atoms with E-state index in [9.17, 15) is 9.59 Å². The molecule has 1 atom stereocenters. The van der Waals surface area contributed by atoms with Crippen LogP contribution in [0.1, 0.15) is 6.92 Å². The Hall–Kier alpha value is -2.53. The molecule has 0 radical (unpaired) electrons. The van der Waals surface area contributed by atoms with Crippen molar-refractivity contribution in [2.24, 2.45) is 0 Å². The van der Waals surface area contributed by atoms with Crippen LogP contribution in [0.3, 0.4) is 0 Å². The quantitative estimate of drug-likeness (QED) is 0.837. The van der Waals surface area contributed by atoms with Gasteiger partial charge in [0.2, 0.25) is 0 Å². The Morgan fingerprint density at radius 2 is 1.86 bits per heavy atom. The maximum atomic E-state index is 12.5. The topological polar surface area (TPSA) is 67.4 Å². The normalized spacial score (nSPS) is 19.6. The Morgan fingerprint density at radius 1 is 1.18 bits per heavy atom. The molecule has 6 heteroatoms. The molecule has 1 aliphatic heterocycles. The number of anilines is 2. The minimum Gasteiger partial charge on any atom is -0.466 e. The van der Waals surface area contributed by atoms with Crippen molar-refractivity contribution in [1.82, 2.24) is 0 Å². The molecule has 5 nitrogen and oxygen atoms in total. The summed E-state index contributed by atoms with van der Waals surface area (Å²) in [5, 5.41) is 5.90. The van der Waals surface area contributed by atoms with Crippen LogP contribution in [0.15, 0.2) is 48.5 Å². The summed E-state index contributed by atoms with van der Waals surface area (Å²) in [5.74, 6) is -0.615. The molecule has 22 heavy (non-hydrogen) atoms. The first-order valence-corrected chi connectivity index (χ1v) is 7.03. The molecule has 1 heterocycles. The minimum absolute atomic E-state index is 0.454. The van der Waals surface area contributed by atoms with Gasteiger partial charge in [0.15, 0.2) is 0 Å². The third kappa shape index (κ3) is 2.51. The van der Waals surface area contributed by atoms with Gasteiger partial charge in [-0.3, -0.25) is 9.59 Å². The number of para-hydroxylation sites is 2. The summed E-state index contributed by atoms with van der Waals surface area (Å²) in [5.41, 5.74) is -0.566. The van der Waals surface area contributed by atoms with E-state index in [1.54, 1.807) is 48.5 Å². The fourth-order valence-electron chi connectivity index (χ4n) is 2.10. The van der Waals surface area contributed by atoms with Gasteiger partial charge in [-0.05, 0) is 43.3 Å². The molecule has 0 spiro atoms. The highest BCUT2D eigenvalue weighted by Crippen LogP contribution is 2.33. The maximum absolute atomic E-state index is 12.5. The number of hydrogen-bond donors (Lipinski definition) is 2. The fraction of sp³-hybridized carbons (Fsp3) is 0.125. The number of hydrogen-bond acceptors (Lipinski definition) is 3. The highest BCUT2D eigenvalue weighted by molar-refractivity contribution is 6.30. The van der Waals surface area contributed by atoms with Gasteiger partial charge in [0, 0.05) is 10.7 Å². The van der Waals surface area contributed by atoms with Crippen molar-refractivity contribution in [2.45, 2.75) is 12.5 Å². The third-order valence-corrected chi connectivity index (χ3v) is 3.67. The summed E-state index contributed by atoms with van der Waals surface area (Å²) in [6.07, 6.45) is 0. The molecule has 0 fully saturated rings. The average Bonchev–Trinajstić information content (AvgIpc) is 2.50. The van der Waals surface area contributed by atoms with Crippen molar-refractivity contribution in [3.63, 3.8) is 0 Å². The number of rotatable bonds is 2. The van der Waals surface area contributed by atoms with Gasteiger partial charge >= 0.3 is 0 Å². The van der Waals surface area contributed by atoms with Gasteiger partial charge in [0.1, 0.15) is 5.75 Å². The van der Waals surface area contributed by atoms with Gasteiger partial charge < -0.3 is 15.4 Å². The zero-order valence-corrected chi connectivity index (χ0v) is 12.5. The van der Waals surface area contributed by atoms with E-state index in [0.717, 1.165) is 0 Å². The molecule has 1 aliphatic rings. The molecule has 0 saturated carbocycles. The molecule has 2 aromatic carbocycles. The molecule has 112 valence electrons. The van der Waals surface area contributed by atoms with Crippen LogP contribution in [0.2, 0.25) is 5.02 Å². The van der Waals surface area contributed by atoms with Gasteiger partial charge in [-0.15, -0.1) is 0 Å². The number of ether oxygens (including phenoxy) is 1. The summed E-state index contributed by atoms with van der Waals surface area (Å²) in [7, 11) is 0. The number of amides is 2. The zero-order chi connectivity index (χ0) is 15.7. The zero-order valence-electron chi connectivity index (χ0n) is 11.7. The first-order chi connectivity index (χ1) is 10.5. The van der Waals surface area contributed by atoms with E-state index in [1.807, 2.05) is 0 Å². The maximum Gasteiger partial charge on any atom is 0.278 e. The molecule has 0 saturated heterocycles. The standard InChI is InChI=1S/C16H13ClN2O3/c1-16(14(20)18-11-8-6-10(17)7-9-11)15(21)19-12-4-2-3-5-13(12)22-16/h2-9H,1H3,(H,18,20)(H,19,21). The van der Waals surface area contributed by atoms with E-state index in [1.165, 1.54) is 6.92 Å². The second-order valence-corrected chi connectivity index (χ2v) is 5.48. The van der Waals surface area contributed by atoms with Crippen LogP contribution in [-0.2, 0) is 9.59 Å². The minimum atomic E-state index is -1.64. The van der Waals surface area contributed by atoms with E-state index in [2.05, 4.69) is 10.6 Å². The summed E-state index contributed by atoms with van der Waals surface area (Å²) in [4.78, 5) is 24.7. The van der Waals surface area contributed by atoms with Gasteiger partial charge in [-0.1, -0.05) is 23.7 Å². The van der Waals surface area contributed by atoms with Crippen molar-refractivity contribution < 1.29 is 14.3 Å². The van der Waals surface area contributed by atoms with E-state index in [4.69, 9.17) is 16.3 Å². The Kier molecular flexibility index (Phi) is 3.50. The lowest BCUT2D eigenvalue weighted by atomic mass is 10.0. The number of fused-ring (bicyclic) bond motifs is 1. The Labute approximate surface area is 132 Å². The molecule has 0 bridgehead atoms. The van der Waals surface area contributed by atoms with Crippen LogP contribution in [0.25, 0.3) is 0 Å². The van der Waals surface area contributed by atoms with Gasteiger partial charge in [-0.25, -0.2) is 0 Å². The predicted molar refractivity (Wildman–Crippen MR) is 84.2 cm³/mol. The van der Waals surface area contributed by atoms with Crippen LogP contribution < -0.4 is 15.4 Å². The summed E-state index contributed by atoms with van der Waals surface area (Å²) >= 11 is 5.80. The lowest BCUT2D eigenvalue weighted by Crippen LogP contribution is -2.56. The van der Waals surface area contributed by atoms with Crippen molar-refractivity contribution in [3.05, 3.63) is 53.6 Å². The van der Waals surface area contributed by atoms with Crippen LogP contribution in [0.4, 0.5) is 11.4 Å². The molecular weight excluding hydrogens is 304 g/mol. The van der Waals surface area contributed by atoms with E-state index in [-0.39, 0.29) is 0 Å². The number of benzene rings is 2. The van der Waals surface area contributed by atoms with Crippen molar-refractivity contribution in [2.75, 3.05) is 10.6 Å². The molecule has 0 aromatic heterocycles. The largest absolute Gasteiger partial charge is 0.466 e. The molecule has 0 aliphatic carbocycles. The lowest BCUT2D eigenvalue weighted by Gasteiger charge is -2.33. The first-order valence-electron chi connectivity index (χ1n) is 6.65. The number of halogens is 1. The average molecular weight is 317 g/mol. The summed E-state index contributed by atoms with van der Waals surface area (Å²) in [6, 6.07) is 13.6. The second kappa shape index (κ2) is 5.35. The molecule has 2 N–H and O–H groups in total. The number of carbonyl (C=O) groups excluding carboxylic acids is 2. The highest BCUT2D eigenvalue weighted by atomic mass is 35.5. The highest BCUT2D eigenvalue weighted by Gasteiger charge is 2.47. The van der Waals surface area contributed by atoms with Gasteiger partial charge in [-0.2, -0.15) is 0 Å². The van der Waals surface area contributed by atoms with Crippen LogP contribution in [0.5, 0.6) is 5.75 Å². The smallest absolute Gasteiger partial charge is 0.278 e. The van der Waals surface area contributed by atoms with E-state index >= 15 is 0 Å². The molecule has 3 rings (SSSR count). The summed E-state index contributed by atoms with van der Waals surface area (Å²) < 4.78 is 5.64. The van der Waals surface area contributed by atoms with Crippen LogP contribution in [0, 0.1) is 0 Å². The van der Waals surface area contributed by atoms with Crippen molar-refractivity contribution in [1.29, 1.82) is 0 Å². The molecule has 2 aromatic rings. The van der Waals surface area contributed by atoms with Gasteiger partial charge in [0.25, 0.3) is 17.4 Å². The summed E-state index contributed by atoms with van der Waals surface area (Å²) in [6.45, 7) is 1.43. The number of nitrogens with one attached hydrogen (secondary N) is 2. The molecular formula is C16H13ClN2O3.